The highest BCUT2D eigenvalue weighted by molar-refractivity contribution is 5.67. The van der Waals surface area contributed by atoms with Gasteiger partial charge in [-0.05, 0) is 29.9 Å². The fraction of sp³-hybridized carbons (Fsp3) is 0.286. The molecule has 0 unspecified atom stereocenters. The predicted molar refractivity (Wildman–Crippen MR) is 96.4 cm³/mol. The molecule has 2 aromatic rings. The normalized spacial score (nSPS) is 17.8. The molecule has 0 aromatic heterocycles. The second kappa shape index (κ2) is 8.34. The third-order valence-corrected chi connectivity index (χ3v) is 4.28. The van der Waals surface area contributed by atoms with E-state index in [-0.39, 0.29) is 6.09 Å². The monoisotopic (exact) mass is 321 g/mol. The Morgan fingerprint density at radius 3 is 2.54 bits per heavy atom. The average molecular weight is 321 g/mol. The minimum atomic E-state index is -0.211. The van der Waals surface area contributed by atoms with Crippen molar-refractivity contribution in [1.82, 2.24) is 4.90 Å². The van der Waals surface area contributed by atoms with E-state index >= 15 is 0 Å². The fourth-order valence-electron chi connectivity index (χ4n) is 2.95. The number of nitrogens with zero attached hydrogens (tertiary/aromatic N) is 1. The van der Waals surface area contributed by atoms with E-state index in [1.165, 1.54) is 5.56 Å². The van der Waals surface area contributed by atoms with Gasteiger partial charge in [-0.2, -0.15) is 0 Å². The van der Waals surface area contributed by atoms with Gasteiger partial charge in [0.1, 0.15) is 6.61 Å². The zero-order valence-corrected chi connectivity index (χ0v) is 13.8. The lowest BCUT2D eigenvalue weighted by Gasteiger charge is -2.30. The molecule has 0 radical (unpaired) electrons. The van der Waals surface area contributed by atoms with E-state index < -0.39 is 0 Å². The van der Waals surface area contributed by atoms with Gasteiger partial charge in [0.25, 0.3) is 0 Å². The Balaban J connectivity index is 1.51. The summed E-state index contributed by atoms with van der Waals surface area (Å²) in [5.74, 6) is 0.392. The summed E-state index contributed by atoms with van der Waals surface area (Å²) in [6.45, 7) is 1.85. The molecule has 1 atom stereocenters. The molecular weight excluding hydrogens is 298 g/mol. The van der Waals surface area contributed by atoms with E-state index in [4.69, 9.17) is 4.74 Å². The molecule has 0 bridgehead atoms. The number of amides is 1. The van der Waals surface area contributed by atoms with Crippen molar-refractivity contribution < 1.29 is 9.53 Å². The van der Waals surface area contributed by atoms with Crippen LogP contribution in [0.1, 0.15) is 24.0 Å². The van der Waals surface area contributed by atoms with Gasteiger partial charge in [0.15, 0.2) is 0 Å². The lowest BCUT2D eigenvalue weighted by molar-refractivity contribution is 0.0836. The maximum atomic E-state index is 12.3. The van der Waals surface area contributed by atoms with Crippen molar-refractivity contribution in [3.8, 4) is 0 Å². The summed E-state index contributed by atoms with van der Waals surface area (Å²) >= 11 is 0. The highest BCUT2D eigenvalue weighted by Crippen LogP contribution is 2.20. The van der Waals surface area contributed by atoms with E-state index in [0.717, 1.165) is 31.5 Å². The number of hydrogen-bond donors (Lipinski definition) is 0. The predicted octanol–water partition coefficient (Wildman–Crippen LogP) is 4.75. The molecular formula is C21H23NO2. The molecule has 1 saturated heterocycles. The first-order chi connectivity index (χ1) is 11.8. The number of hydrogen-bond acceptors (Lipinski definition) is 2. The number of benzene rings is 2. The molecule has 1 fully saturated rings. The number of rotatable bonds is 4. The number of ether oxygens (including phenoxy) is 1. The molecule has 0 aliphatic carbocycles. The van der Waals surface area contributed by atoms with E-state index in [1.54, 1.807) is 0 Å². The van der Waals surface area contributed by atoms with Crippen LogP contribution in [-0.2, 0) is 11.3 Å². The van der Waals surface area contributed by atoms with Crippen molar-refractivity contribution in [3.63, 3.8) is 0 Å². The van der Waals surface area contributed by atoms with Crippen molar-refractivity contribution in [2.45, 2.75) is 19.4 Å². The van der Waals surface area contributed by atoms with Gasteiger partial charge in [0, 0.05) is 13.1 Å². The summed E-state index contributed by atoms with van der Waals surface area (Å²) in [5.41, 5.74) is 2.21. The van der Waals surface area contributed by atoms with Gasteiger partial charge >= 0.3 is 6.09 Å². The SMILES string of the molecule is O=C(OCc1ccccc1)N1CCC[C@@H](C=Cc2ccccc2)C1. The van der Waals surface area contributed by atoms with Gasteiger partial charge in [-0.1, -0.05) is 72.8 Å². The van der Waals surface area contributed by atoms with Crippen LogP contribution in [0.5, 0.6) is 0 Å². The maximum Gasteiger partial charge on any atom is 0.410 e. The molecule has 1 heterocycles. The Hall–Kier alpha value is -2.55. The van der Waals surface area contributed by atoms with E-state index in [1.807, 2.05) is 53.4 Å². The zero-order valence-electron chi connectivity index (χ0n) is 13.8. The number of carbonyl (C=O) groups is 1. The van der Waals surface area contributed by atoms with Crippen LogP contribution in [0.15, 0.2) is 66.7 Å². The topological polar surface area (TPSA) is 29.5 Å². The Morgan fingerprint density at radius 2 is 1.79 bits per heavy atom. The molecule has 0 spiro atoms. The van der Waals surface area contributed by atoms with Crippen LogP contribution in [-0.4, -0.2) is 24.1 Å². The zero-order chi connectivity index (χ0) is 16.6. The largest absolute Gasteiger partial charge is 0.445 e. The molecule has 3 rings (SSSR count). The Bertz CT molecular complexity index is 667. The van der Waals surface area contributed by atoms with Crippen LogP contribution in [0.25, 0.3) is 6.08 Å². The van der Waals surface area contributed by atoms with Gasteiger partial charge in [-0.3, -0.25) is 0 Å². The first-order valence-electron chi connectivity index (χ1n) is 8.50. The highest BCUT2D eigenvalue weighted by Gasteiger charge is 2.23. The second-order valence-electron chi connectivity index (χ2n) is 6.16. The van der Waals surface area contributed by atoms with Crippen molar-refractivity contribution in [2.24, 2.45) is 5.92 Å². The van der Waals surface area contributed by atoms with Gasteiger partial charge < -0.3 is 9.64 Å². The molecule has 1 amide bonds. The van der Waals surface area contributed by atoms with Crippen LogP contribution in [0.3, 0.4) is 0 Å². The number of likely N-dealkylation sites (tertiary alicyclic amines) is 1. The highest BCUT2D eigenvalue weighted by atomic mass is 16.6. The lowest BCUT2D eigenvalue weighted by atomic mass is 9.97. The van der Waals surface area contributed by atoms with Gasteiger partial charge in [-0.25, -0.2) is 4.79 Å². The molecule has 3 nitrogen and oxygen atoms in total. The second-order valence-corrected chi connectivity index (χ2v) is 6.16. The molecule has 1 aliphatic rings. The third-order valence-electron chi connectivity index (χ3n) is 4.28. The molecule has 0 N–H and O–H groups in total. The van der Waals surface area contributed by atoms with E-state index in [2.05, 4.69) is 24.3 Å². The molecule has 24 heavy (non-hydrogen) atoms. The smallest absolute Gasteiger partial charge is 0.410 e. The van der Waals surface area contributed by atoms with Crippen LogP contribution >= 0.6 is 0 Å². The number of carbonyl (C=O) groups excluding carboxylic acids is 1. The third kappa shape index (κ3) is 4.72. The van der Waals surface area contributed by atoms with Gasteiger partial charge in [0.2, 0.25) is 0 Å². The first-order valence-corrected chi connectivity index (χ1v) is 8.50. The van der Waals surface area contributed by atoms with Gasteiger partial charge in [-0.15, -0.1) is 0 Å². The molecule has 3 heteroatoms. The summed E-state index contributed by atoms with van der Waals surface area (Å²) in [6.07, 6.45) is 6.28. The van der Waals surface area contributed by atoms with Gasteiger partial charge in [0.05, 0.1) is 0 Å². The average Bonchev–Trinajstić information content (AvgIpc) is 2.66. The van der Waals surface area contributed by atoms with Crippen molar-refractivity contribution in [3.05, 3.63) is 77.9 Å². The van der Waals surface area contributed by atoms with Crippen LogP contribution in [0, 0.1) is 5.92 Å². The Kier molecular flexibility index (Phi) is 5.67. The van der Waals surface area contributed by atoms with Crippen LogP contribution in [0.4, 0.5) is 4.79 Å². The molecule has 1 aliphatic heterocycles. The van der Waals surface area contributed by atoms with Crippen LogP contribution < -0.4 is 0 Å². The van der Waals surface area contributed by atoms with Crippen LogP contribution in [0.2, 0.25) is 0 Å². The maximum absolute atomic E-state index is 12.3. The fourth-order valence-corrected chi connectivity index (χ4v) is 2.95. The minimum absolute atomic E-state index is 0.211. The quantitative estimate of drug-likeness (QED) is 0.813. The van der Waals surface area contributed by atoms with E-state index in [9.17, 15) is 4.79 Å². The molecule has 0 saturated carbocycles. The summed E-state index contributed by atoms with van der Waals surface area (Å²) in [4.78, 5) is 14.1. The number of piperidine rings is 1. The Morgan fingerprint density at radius 1 is 1.08 bits per heavy atom. The van der Waals surface area contributed by atoms with E-state index in [0.29, 0.717) is 12.5 Å². The standard InChI is InChI=1S/C21H23NO2/c23-21(24-17-20-10-5-2-6-11-20)22-15-7-12-19(16-22)14-13-18-8-3-1-4-9-18/h1-6,8-11,13-14,19H,7,12,15-17H2/t19-/m0/s1. The summed E-state index contributed by atoms with van der Waals surface area (Å²) in [7, 11) is 0. The first kappa shape index (κ1) is 16.3. The summed E-state index contributed by atoms with van der Waals surface area (Å²) in [6, 6.07) is 20.1. The van der Waals surface area contributed by atoms with Crippen molar-refractivity contribution >= 4 is 12.2 Å². The summed E-state index contributed by atoms with van der Waals surface area (Å²) in [5, 5.41) is 0. The minimum Gasteiger partial charge on any atom is -0.445 e. The summed E-state index contributed by atoms with van der Waals surface area (Å²) < 4.78 is 5.44. The molecule has 124 valence electrons. The Labute approximate surface area is 143 Å². The van der Waals surface area contributed by atoms with Crippen molar-refractivity contribution in [2.75, 3.05) is 13.1 Å². The van der Waals surface area contributed by atoms with Crippen molar-refractivity contribution in [1.29, 1.82) is 0 Å². The molecule has 2 aromatic carbocycles. The lowest BCUT2D eigenvalue weighted by Crippen LogP contribution is -2.39.